The van der Waals surface area contributed by atoms with Gasteiger partial charge in [0.25, 0.3) is 0 Å². The van der Waals surface area contributed by atoms with Gasteiger partial charge in [-0.25, -0.2) is 4.52 Å². The molecule has 0 saturated carbocycles. The highest BCUT2D eigenvalue weighted by atomic mass is 16.5. The second-order valence-corrected chi connectivity index (χ2v) is 9.01. The van der Waals surface area contributed by atoms with Crippen LogP contribution in [0.15, 0.2) is 67.8 Å². The lowest BCUT2D eigenvalue weighted by Crippen LogP contribution is -2.48. The van der Waals surface area contributed by atoms with Gasteiger partial charge in [-0.15, -0.1) is 0 Å². The molecule has 9 heteroatoms. The molecule has 1 aromatic carbocycles. The van der Waals surface area contributed by atoms with Crippen LogP contribution in [0.2, 0.25) is 0 Å². The zero-order valence-corrected chi connectivity index (χ0v) is 20.9. The van der Waals surface area contributed by atoms with Crippen LogP contribution in [0.5, 0.6) is 0 Å². The second-order valence-electron chi connectivity index (χ2n) is 9.01. The van der Waals surface area contributed by atoms with Gasteiger partial charge in [0.05, 0.1) is 23.5 Å². The average Bonchev–Trinajstić information content (AvgIpc) is 3.59. The predicted octanol–water partition coefficient (Wildman–Crippen LogP) is 3.61. The van der Waals surface area contributed by atoms with Crippen LogP contribution in [-0.2, 0) is 16.1 Å². The summed E-state index contributed by atoms with van der Waals surface area (Å²) < 4.78 is 8.83. The molecular formula is C28H29N7O2. The summed E-state index contributed by atoms with van der Waals surface area (Å²) in [7, 11) is 1.70. The van der Waals surface area contributed by atoms with E-state index in [1.54, 1.807) is 17.8 Å². The minimum absolute atomic E-state index is 0.0199. The van der Waals surface area contributed by atoms with E-state index < -0.39 is 0 Å². The molecule has 0 N–H and O–H groups in total. The Kier molecular flexibility index (Phi) is 7.01. The molecule has 37 heavy (non-hydrogen) atoms. The highest BCUT2D eigenvalue weighted by Gasteiger charge is 2.20. The summed E-state index contributed by atoms with van der Waals surface area (Å²) in [6.45, 7) is 7.95. The highest BCUT2D eigenvalue weighted by Crippen LogP contribution is 2.33. The van der Waals surface area contributed by atoms with Crippen molar-refractivity contribution in [3.63, 3.8) is 0 Å². The molecule has 0 aliphatic carbocycles. The molecule has 0 unspecified atom stereocenters. The van der Waals surface area contributed by atoms with Gasteiger partial charge >= 0.3 is 0 Å². The van der Waals surface area contributed by atoms with E-state index in [2.05, 4.69) is 58.1 Å². The number of pyridine rings is 1. The van der Waals surface area contributed by atoms with Crippen molar-refractivity contribution in [2.75, 3.05) is 44.8 Å². The van der Waals surface area contributed by atoms with E-state index in [9.17, 15) is 10.1 Å². The van der Waals surface area contributed by atoms with Gasteiger partial charge in [-0.2, -0.15) is 15.5 Å². The number of aromatic nitrogens is 4. The van der Waals surface area contributed by atoms with Crippen LogP contribution in [0.3, 0.4) is 0 Å². The molecule has 9 nitrogen and oxygen atoms in total. The van der Waals surface area contributed by atoms with Crippen LogP contribution in [0.1, 0.15) is 12.0 Å². The van der Waals surface area contributed by atoms with Crippen molar-refractivity contribution in [3.05, 3.63) is 73.3 Å². The monoisotopic (exact) mass is 495 g/mol. The number of nitriles is 1. The lowest BCUT2D eigenvalue weighted by atomic mass is 9.99. The number of carbonyl (C=O) groups is 1. The Morgan fingerprint density at radius 1 is 1.08 bits per heavy atom. The molecule has 3 aromatic heterocycles. The van der Waals surface area contributed by atoms with Crippen molar-refractivity contribution < 1.29 is 9.53 Å². The van der Waals surface area contributed by atoms with E-state index in [0.717, 1.165) is 59.5 Å². The molecule has 1 saturated heterocycles. The molecule has 0 spiro atoms. The first-order valence-corrected chi connectivity index (χ1v) is 12.3. The van der Waals surface area contributed by atoms with Crippen molar-refractivity contribution in [2.45, 2.75) is 13.0 Å². The van der Waals surface area contributed by atoms with E-state index in [4.69, 9.17) is 4.74 Å². The summed E-state index contributed by atoms with van der Waals surface area (Å²) in [5.41, 5.74) is 6.31. The number of amides is 1. The van der Waals surface area contributed by atoms with E-state index in [0.29, 0.717) is 25.3 Å². The summed E-state index contributed by atoms with van der Waals surface area (Å²) in [6, 6.07) is 12.7. The topological polar surface area (TPSA) is 91.7 Å². The van der Waals surface area contributed by atoms with Crippen LogP contribution in [0.4, 0.5) is 5.69 Å². The summed E-state index contributed by atoms with van der Waals surface area (Å²) in [5, 5.41) is 18.7. The molecule has 5 rings (SSSR count). The van der Waals surface area contributed by atoms with E-state index in [1.807, 2.05) is 28.2 Å². The average molecular weight is 496 g/mol. The first-order valence-electron chi connectivity index (χ1n) is 12.3. The maximum atomic E-state index is 11.9. The predicted molar refractivity (Wildman–Crippen MR) is 142 cm³/mol. The zero-order chi connectivity index (χ0) is 25.8. The number of fused-ring (bicyclic) bond motifs is 1. The number of piperazine rings is 1. The number of nitrogens with zero attached hydrogens (tertiary/aromatic N) is 7. The van der Waals surface area contributed by atoms with Crippen molar-refractivity contribution in [1.82, 2.24) is 24.3 Å². The summed E-state index contributed by atoms with van der Waals surface area (Å²) in [5.74, 6) is -0.0199. The summed E-state index contributed by atoms with van der Waals surface area (Å²) in [6.07, 6.45) is 9.68. The van der Waals surface area contributed by atoms with Gasteiger partial charge < -0.3 is 14.5 Å². The van der Waals surface area contributed by atoms with E-state index in [1.165, 1.54) is 6.08 Å². The maximum absolute atomic E-state index is 11.9. The normalized spacial score (nSPS) is 13.6. The third-order valence-electron chi connectivity index (χ3n) is 6.74. The second kappa shape index (κ2) is 10.7. The molecule has 1 amide bonds. The van der Waals surface area contributed by atoms with E-state index >= 15 is 0 Å². The number of methoxy groups -OCH3 is 1. The van der Waals surface area contributed by atoms with Crippen LogP contribution in [0, 0.1) is 11.3 Å². The van der Waals surface area contributed by atoms with Crippen LogP contribution in [-0.4, -0.2) is 70.1 Å². The number of benzene rings is 1. The molecule has 1 aliphatic rings. The van der Waals surface area contributed by atoms with Crippen LogP contribution < -0.4 is 4.90 Å². The SMILES string of the molecule is C=CC(=O)N1CCN(c2ccc(-c3cc(-c4cnn(CCCOC)c4)cn4ncc(C#N)c34)cc2)CC1. The quantitative estimate of drug-likeness (QED) is 0.274. The van der Waals surface area contributed by atoms with Crippen molar-refractivity contribution in [2.24, 2.45) is 0 Å². The number of ether oxygens (including phenoxy) is 1. The van der Waals surface area contributed by atoms with Crippen LogP contribution in [0.25, 0.3) is 27.8 Å². The smallest absolute Gasteiger partial charge is 0.246 e. The minimum Gasteiger partial charge on any atom is -0.385 e. The minimum atomic E-state index is -0.0199. The summed E-state index contributed by atoms with van der Waals surface area (Å²) in [4.78, 5) is 16.0. The molecule has 0 radical (unpaired) electrons. The lowest BCUT2D eigenvalue weighted by Gasteiger charge is -2.35. The van der Waals surface area contributed by atoms with Crippen LogP contribution >= 0.6 is 0 Å². The Hall–Kier alpha value is -4.42. The van der Waals surface area contributed by atoms with Gasteiger partial charge in [0, 0.05) is 81.2 Å². The summed E-state index contributed by atoms with van der Waals surface area (Å²) >= 11 is 0. The fourth-order valence-corrected chi connectivity index (χ4v) is 4.75. The van der Waals surface area contributed by atoms with Crippen molar-refractivity contribution in [3.8, 4) is 28.3 Å². The van der Waals surface area contributed by atoms with Crippen molar-refractivity contribution >= 4 is 17.1 Å². The molecule has 1 fully saturated rings. The number of anilines is 1. The largest absolute Gasteiger partial charge is 0.385 e. The Balaban J connectivity index is 1.44. The Morgan fingerprint density at radius 3 is 2.57 bits per heavy atom. The molecule has 0 atom stereocenters. The molecule has 4 heterocycles. The van der Waals surface area contributed by atoms with Gasteiger partial charge in [-0.3, -0.25) is 9.48 Å². The lowest BCUT2D eigenvalue weighted by molar-refractivity contribution is -0.126. The fourth-order valence-electron chi connectivity index (χ4n) is 4.75. The van der Waals surface area contributed by atoms with E-state index in [-0.39, 0.29) is 5.91 Å². The van der Waals surface area contributed by atoms with Gasteiger partial charge in [0.15, 0.2) is 0 Å². The number of hydrogen-bond donors (Lipinski definition) is 0. The van der Waals surface area contributed by atoms with Gasteiger partial charge in [-0.1, -0.05) is 18.7 Å². The Bertz CT molecular complexity index is 1450. The third kappa shape index (κ3) is 4.97. The molecule has 1 aliphatic heterocycles. The third-order valence-corrected chi connectivity index (χ3v) is 6.74. The first-order chi connectivity index (χ1) is 18.1. The highest BCUT2D eigenvalue weighted by molar-refractivity contribution is 5.88. The van der Waals surface area contributed by atoms with Gasteiger partial charge in [0.1, 0.15) is 6.07 Å². The standard InChI is InChI=1S/C28H29N7O2/c1-3-27(36)33-12-10-32(11-13-33)25-7-5-21(6-8-25)26-15-22(20-35-28(26)23(16-29)17-31-35)24-18-30-34(19-24)9-4-14-37-2/h3,5-8,15,17-20H,1,4,9-14H2,2H3. The fraction of sp³-hybridized carbons (Fsp3) is 0.286. The Morgan fingerprint density at radius 2 is 1.86 bits per heavy atom. The van der Waals surface area contributed by atoms with Crippen molar-refractivity contribution in [1.29, 1.82) is 5.26 Å². The zero-order valence-electron chi connectivity index (χ0n) is 20.9. The first kappa shape index (κ1) is 24.3. The number of hydrogen-bond acceptors (Lipinski definition) is 6. The van der Waals surface area contributed by atoms with Gasteiger partial charge in [-0.05, 0) is 36.3 Å². The number of carbonyl (C=O) groups excluding carboxylic acids is 1. The maximum Gasteiger partial charge on any atom is 0.246 e. The molecular weight excluding hydrogens is 466 g/mol. The molecule has 4 aromatic rings. The number of rotatable bonds is 8. The Labute approximate surface area is 215 Å². The number of aryl methyl sites for hydroxylation is 1. The van der Waals surface area contributed by atoms with Gasteiger partial charge in [0.2, 0.25) is 5.91 Å². The molecule has 188 valence electrons. The molecule has 0 bridgehead atoms.